The van der Waals surface area contributed by atoms with Gasteiger partial charge in [0.05, 0.1) is 11.0 Å². The van der Waals surface area contributed by atoms with Crippen molar-refractivity contribution in [3.8, 4) is 22.3 Å². The molecule has 2 heterocycles. The van der Waals surface area contributed by atoms with Gasteiger partial charge in [-0.2, -0.15) is 0 Å². The van der Waals surface area contributed by atoms with Crippen molar-refractivity contribution in [2.75, 3.05) is 0 Å². The van der Waals surface area contributed by atoms with Gasteiger partial charge >= 0.3 is 0 Å². The summed E-state index contributed by atoms with van der Waals surface area (Å²) in [6, 6.07) is 37.7. The van der Waals surface area contributed by atoms with Crippen molar-refractivity contribution in [2.45, 2.75) is 6.92 Å². The highest BCUT2D eigenvalue weighted by molar-refractivity contribution is 7.25. The molecular weight excluding hydrogens is 480 g/mol. The van der Waals surface area contributed by atoms with Crippen LogP contribution in [0.2, 0.25) is 0 Å². The quantitative estimate of drug-likeness (QED) is 0.220. The lowest BCUT2D eigenvalue weighted by Gasteiger charge is -2.11. The smallest absolute Gasteiger partial charge is 0.0971 e. The van der Waals surface area contributed by atoms with E-state index in [-0.39, 0.29) is 0 Å². The SMILES string of the molecule is Cc1ccc2sc3ccc(-c4cccc(-c5ccc6c(c5)c5ccccc5c5nccnc65)c4)cc3c2c1. The second-order valence-electron chi connectivity index (χ2n) is 9.95. The molecule has 0 aliphatic carbocycles. The Labute approximate surface area is 223 Å². The first-order valence-electron chi connectivity index (χ1n) is 12.8. The largest absolute Gasteiger partial charge is 0.252 e. The molecule has 3 heteroatoms. The van der Waals surface area contributed by atoms with Gasteiger partial charge in [0.15, 0.2) is 0 Å². The van der Waals surface area contributed by atoms with Crippen molar-refractivity contribution in [3.05, 3.63) is 121 Å². The molecule has 2 nitrogen and oxygen atoms in total. The molecular formula is C35H22N2S. The fourth-order valence-electron chi connectivity index (χ4n) is 5.76. The van der Waals surface area contributed by atoms with Gasteiger partial charge in [0.1, 0.15) is 0 Å². The molecule has 0 N–H and O–H groups in total. The fraction of sp³-hybridized carbons (Fsp3) is 0.0286. The normalized spacial score (nSPS) is 11.8. The molecule has 0 amide bonds. The first-order chi connectivity index (χ1) is 18.7. The molecule has 8 rings (SSSR count). The molecule has 0 atom stereocenters. The maximum atomic E-state index is 4.70. The second-order valence-corrected chi connectivity index (χ2v) is 11.0. The van der Waals surface area contributed by atoms with E-state index in [1.165, 1.54) is 58.8 Å². The van der Waals surface area contributed by atoms with E-state index < -0.39 is 0 Å². The predicted octanol–water partition coefficient (Wildman–Crippen LogP) is 9.95. The highest BCUT2D eigenvalue weighted by Gasteiger charge is 2.12. The number of aryl methyl sites for hydroxylation is 1. The summed E-state index contributed by atoms with van der Waals surface area (Å²) in [6.45, 7) is 2.17. The average Bonchev–Trinajstić information content (AvgIpc) is 3.34. The van der Waals surface area contributed by atoms with Crippen LogP contribution < -0.4 is 0 Å². The molecule has 0 bridgehead atoms. The van der Waals surface area contributed by atoms with Crippen LogP contribution in [0, 0.1) is 6.92 Å². The zero-order valence-electron chi connectivity index (χ0n) is 20.8. The Bertz CT molecular complexity index is 2170. The number of nitrogens with zero attached hydrogens (tertiary/aromatic N) is 2. The van der Waals surface area contributed by atoms with Gasteiger partial charge in [0.25, 0.3) is 0 Å². The van der Waals surface area contributed by atoms with Crippen molar-refractivity contribution in [1.82, 2.24) is 9.97 Å². The summed E-state index contributed by atoms with van der Waals surface area (Å²) < 4.78 is 2.68. The van der Waals surface area contributed by atoms with Gasteiger partial charge in [-0.15, -0.1) is 11.3 Å². The van der Waals surface area contributed by atoms with Crippen molar-refractivity contribution in [2.24, 2.45) is 0 Å². The lowest BCUT2D eigenvalue weighted by atomic mass is 9.94. The number of hydrogen-bond acceptors (Lipinski definition) is 3. The molecule has 8 aromatic rings. The van der Waals surface area contributed by atoms with E-state index in [1.54, 1.807) is 12.4 Å². The molecule has 0 aliphatic rings. The minimum atomic E-state index is 0.952. The van der Waals surface area contributed by atoms with Crippen LogP contribution >= 0.6 is 11.3 Å². The summed E-state index contributed by atoms with van der Waals surface area (Å²) in [5.74, 6) is 0. The van der Waals surface area contributed by atoms with Crippen LogP contribution in [0.1, 0.15) is 5.56 Å². The average molecular weight is 503 g/mol. The van der Waals surface area contributed by atoms with Crippen LogP contribution in [-0.4, -0.2) is 9.97 Å². The molecule has 0 saturated carbocycles. The van der Waals surface area contributed by atoms with Crippen molar-refractivity contribution < 1.29 is 0 Å². The Morgan fingerprint density at radius 1 is 0.447 bits per heavy atom. The fourth-order valence-corrected chi connectivity index (χ4v) is 6.83. The monoisotopic (exact) mass is 502 g/mol. The zero-order valence-corrected chi connectivity index (χ0v) is 21.6. The molecule has 0 unspecified atom stereocenters. The highest BCUT2D eigenvalue weighted by Crippen LogP contribution is 2.39. The van der Waals surface area contributed by atoms with Gasteiger partial charge in [-0.1, -0.05) is 72.3 Å². The first-order valence-corrected chi connectivity index (χ1v) is 13.6. The summed E-state index contributed by atoms with van der Waals surface area (Å²) in [7, 11) is 0. The molecule has 0 fully saturated rings. The maximum absolute atomic E-state index is 4.70. The van der Waals surface area contributed by atoms with Crippen LogP contribution in [0.15, 0.2) is 116 Å². The molecule has 0 saturated heterocycles. The molecule has 0 aliphatic heterocycles. The maximum Gasteiger partial charge on any atom is 0.0971 e. The van der Waals surface area contributed by atoms with Crippen LogP contribution in [-0.2, 0) is 0 Å². The Hall–Kier alpha value is -4.60. The van der Waals surface area contributed by atoms with E-state index >= 15 is 0 Å². The minimum Gasteiger partial charge on any atom is -0.252 e. The van der Waals surface area contributed by atoms with Gasteiger partial charge in [0.2, 0.25) is 0 Å². The van der Waals surface area contributed by atoms with Crippen LogP contribution in [0.5, 0.6) is 0 Å². The molecule has 178 valence electrons. The lowest BCUT2D eigenvalue weighted by molar-refractivity contribution is 1.31. The summed E-state index contributed by atoms with van der Waals surface area (Å²) in [6.07, 6.45) is 3.56. The first kappa shape index (κ1) is 21.5. The van der Waals surface area contributed by atoms with E-state index in [2.05, 4.69) is 115 Å². The van der Waals surface area contributed by atoms with E-state index in [1.807, 2.05) is 11.3 Å². The van der Waals surface area contributed by atoms with Crippen LogP contribution in [0.25, 0.3) is 75.0 Å². The second kappa shape index (κ2) is 8.20. The van der Waals surface area contributed by atoms with Gasteiger partial charge < -0.3 is 0 Å². The molecule has 2 aromatic heterocycles. The third-order valence-electron chi connectivity index (χ3n) is 7.60. The lowest BCUT2D eigenvalue weighted by Crippen LogP contribution is -1.89. The van der Waals surface area contributed by atoms with E-state index in [0.717, 1.165) is 21.8 Å². The summed E-state index contributed by atoms with van der Waals surface area (Å²) in [5, 5.41) is 7.37. The molecule has 6 aromatic carbocycles. The predicted molar refractivity (Wildman–Crippen MR) is 163 cm³/mol. The van der Waals surface area contributed by atoms with Gasteiger partial charge in [-0.3, -0.25) is 9.97 Å². The van der Waals surface area contributed by atoms with Crippen LogP contribution in [0.3, 0.4) is 0 Å². The third kappa shape index (κ3) is 3.26. The Morgan fingerprint density at radius 2 is 1.03 bits per heavy atom. The Balaban J connectivity index is 1.30. The van der Waals surface area contributed by atoms with Gasteiger partial charge in [-0.05, 0) is 76.3 Å². The standard InChI is InChI=1S/C35H22N2S/c1-21-9-13-32-30(17-21)31-20-25(11-14-33(31)38-32)23-6-4-5-22(18-23)24-10-12-28-29(19-24)26-7-2-3-8-27(26)34-35(28)37-16-15-36-34/h2-20H,1H3. The number of rotatable bonds is 2. The molecule has 38 heavy (non-hydrogen) atoms. The number of thiophene rings is 1. The Morgan fingerprint density at radius 3 is 1.79 bits per heavy atom. The van der Waals surface area contributed by atoms with Gasteiger partial charge in [-0.25, -0.2) is 0 Å². The zero-order chi connectivity index (χ0) is 25.2. The number of hydrogen-bond donors (Lipinski definition) is 0. The van der Waals surface area contributed by atoms with E-state index in [9.17, 15) is 0 Å². The van der Waals surface area contributed by atoms with Gasteiger partial charge in [0, 0.05) is 43.3 Å². The van der Waals surface area contributed by atoms with Crippen LogP contribution in [0.4, 0.5) is 0 Å². The van der Waals surface area contributed by atoms with Crippen molar-refractivity contribution in [1.29, 1.82) is 0 Å². The topological polar surface area (TPSA) is 25.8 Å². The van der Waals surface area contributed by atoms with E-state index in [4.69, 9.17) is 4.98 Å². The number of benzene rings is 6. The third-order valence-corrected chi connectivity index (χ3v) is 8.75. The number of aromatic nitrogens is 2. The summed E-state index contributed by atoms with van der Waals surface area (Å²) >= 11 is 1.87. The number of fused-ring (bicyclic) bond motifs is 9. The highest BCUT2D eigenvalue weighted by atomic mass is 32.1. The molecule has 0 spiro atoms. The minimum absolute atomic E-state index is 0.952. The summed E-state index contributed by atoms with van der Waals surface area (Å²) in [4.78, 5) is 9.37. The summed E-state index contributed by atoms with van der Waals surface area (Å²) in [5.41, 5.74) is 8.08. The Kier molecular flexibility index (Phi) is 4.64. The molecule has 0 radical (unpaired) electrons. The van der Waals surface area contributed by atoms with Crippen molar-refractivity contribution in [3.63, 3.8) is 0 Å². The van der Waals surface area contributed by atoms with Crippen molar-refractivity contribution >= 4 is 64.1 Å². The van der Waals surface area contributed by atoms with E-state index in [0.29, 0.717) is 0 Å².